The van der Waals surface area contributed by atoms with Gasteiger partial charge >= 0.3 is 5.97 Å². The first-order chi connectivity index (χ1) is 15.9. The van der Waals surface area contributed by atoms with Crippen LogP contribution in [-0.2, 0) is 4.74 Å². The summed E-state index contributed by atoms with van der Waals surface area (Å²) in [5, 5.41) is 11.4. The summed E-state index contributed by atoms with van der Waals surface area (Å²) in [7, 11) is 0. The fourth-order valence-electron chi connectivity index (χ4n) is 3.63. The summed E-state index contributed by atoms with van der Waals surface area (Å²) < 4.78 is 12.0. The molecule has 0 aliphatic heterocycles. The summed E-state index contributed by atoms with van der Waals surface area (Å²) in [5.74, 6) is -1.11. The van der Waals surface area contributed by atoms with Crippen molar-refractivity contribution >= 4 is 23.4 Å². The lowest BCUT2D eigenvalue weighted by Gasteiger charge is -2.08. The van der Waals surface area contributed by atoms with Crippen LogP contribution in [0, 0.1) is 13.8 Å². The van der Waals surface area contributed by atoms with Crippen LogP contribution in [0.25, 0.3) is 16.9 Å². The molecule has 0 radical (unpaired) electrons. The molecule has 2 aromatic heterocycles. The zero-order valence-electron chi connectivity index (χ0n) is 18.5. The van der Waals surface area contributed by atoms with Crippen molar-refractivity contribution in [1.29, 1.82) is 0 Å². The number of amides is 1. The zero-order chi connectivity index (χ0) is 23.5. The summed E-state index contributed by atoms with van der Waals surface area (Å²) in [6.07, 6.45) is 0. The molecule has 33 heavy (non-hydrogen) atoms. The predicted molar refractivity (Wildman–Crippen MR) is 123 cm³/mol. The molecule has 0 atom stereocenters. The lowest BCUT2D eigenvalue weighted by atomic mass is 10.0. The quantitative estimate of drug-likeness (QED) is 0.427. The number of nitrogens with zero attached hydrogens (tertiary/aromatic N) is 3. The van der Waals surface area contributed by atoms with Crippen LogP contribution < -0.4 is 11.1 Å². The molecule has 9 heteroatoms. The number of aryl methyl sites for hydroxylation is 1. The number of hydrogen-bond acceptors (Lipinski definition) is 7. The average Bonchev–Trinajstić information content (AvgIpc) is 3.33. The molecule has 3 N–H and O–H groups in total. The van der Waals surface area contributed by atoms with Crippen molar-refractivity contribution in [3.8, 4) is 16.9 Å². The van der Waals surface area contributed by atoms with E-state index in [1.165, 1.54) is 6.07 Å². The third-order valence-corrected chi connectivity index (χ3v) is 5.11. The van der Waals surface area contributed by atoms with Crippen LogP contribution in [0.5, 0.6) is 0 Å². The van der Waals surface area contributed by atoms with Crippen LogP contribution in [0.3, 0.4) is 0 Å². The first-order valence-corrected chi connectivity index (χ1v) is 10.4. The monoisotopic (exact) mass is 445 g/mol. The number of ether oxygens (including phenoxy) is 1. The molecule has 0 unspecified atom stereocenters. The molecule has 9 nitrogen and oxygen atoms in total. The lowest BCUT2D eigenvalue weighted by molar-refractivity contribution is 0.0526. The van der Waals surface area contributed by atoms with Gasteiger partial charge in [0.05, 0.1) is 29.2 Å². The SMILES string of the molecule is CCOC(=O)c1cccc(NC(=O)c2c(-c3c(C)nn(-c4ccccc4)c3C)noc2N)c1. The lowest BCUT2D eigenvalue weighted by Crippen LogP contribution is -2.15. The Balaban J connectivity index is 1.69. The number of carbonyl (C=O) groups is 2. The minimum atomic E-state index is -0.518. The second-order valence-corrected chi connectivity index (χ2v) is 7.32. The minimum Gasteiger partial charge on any atom is -0.462 e. The van der Waals surface area contributed by atoms with Crippen LogP contribution in [0.4, 0.5) is 11.6 Å². The van der Waals surface area contributed by atoms with E-state index in [1.54, 1.807) is 29.8 Å². The maximum absolute atomic E-state index is 13.2. The molecular weight excluding hydrogens is 422 g/mol. The summed E-state index contributed by atoms with van der Waals surface area (Å²) in [6.45, 7) is 5.70. The second kappa shape index (κ2) is 8.99. The van der Waals surface area contributed by atoms with E-state index in [0.29, 0.717) is 28.2 Å². The fourth-order valence-corrected chi connectivity index (χ4v) is 3.63. The highest BCUT2D eigenvalue weighted by Gasteiger charge is 2.27. The van der Waals surface area contributed by atoms with Crippen molar-refractivity contribution in [2.75, 3.05) is 17.7 Å². The number of para-hydroxylation sites is 1. The van der Waals surface area contributed by atoms with Gasteiger partial charge in [-0.15, -0.1) is 0 Å². The smallest absolute Gasteiger partial charge is 0.338 e. The number of nitrogen functional groups attached to an aromatic ring is 1. The highest BCUT2D eigenvalue weighted by atomic mass is 16.5. The van der Waals surface area contributed by atoms with E-state index in [-0.39, 0.29) is 18.1 Å². The van der Waals surface area contributed by atoms with Crippen molar-refractivity contribution in [3.05, 3.63) is 77.1 Å². The minimum absolute atomic E-state index is 0.0929. The van der Waals surface area contributed by atoms with Gasteiger partial charge in [0.2, 0.25) is 5.88 Å². The maximum Gasteiger partial charge on any atom is 0.338 e. The van der Waals surface area contributed by atoms with E-state index >= 15 is 0 Å². The average molecular weight is 445 g/mol. The van der Waals surface area contributed by atoms with Crippen molar-refractivity contribution in [1.82, 2.24) is 14.9 Å². The van der Waals surface area contributed by atoms with Gasteiger partial charge in [0.1, 0.15) is 11.3 Å². The summed E-state index contributed by atoms with van der Waals surface area (Å²) in [6, 6.07) is 16.1. The van der Waals surface area contributed by atoms with Gasteiger partial charge < -0.3 is 20.3 Å². The normalized spacial score (nSPS) is 10.8. The molecule has 0 aliphatic carbocycles. The predicted octanol–water partition coefficient (Wildman–Crippen LogP) is 4.16. The second-order valence-electron chi connectivity index (χ2n) is 7.32. The molecule has 2 aromatic carbocycles. The number of rotatable bonds is 6. The standard InChI is InChI=1S/C24H23N5O4/c1-4-32-24(31)16-9-8-10-17(13-16)26-23(30)20-21(28-33-22(20)25)19-14(2)27-29(15(19)3)18-11-6-5-7-12-18/h5-13H,4,25H2,1-3H3,(H,26,30). The Morgan fingerprint density at radius 3 is 2.61 bits per heavy atom. The molecule has 168 valence electrons. The van der Waals surface area contributed by atoms with E-state index in [1.807, 2.05) is 44.2 Å². The maximum atomic E-state index is 13.2. The third-order valence-electron chi connectivity index (χ3n) is 5.11. The van der Waals surface area contributed by atoms with Crippen LogP contribution in [0.1, 0.15) is 39.0 Å². The van der Waals surface area contributed by atoms with E-state index in [4.69, 9.17) is 15.0 Å². The number of aromatic nitrogens is 3. The van der Waals surface area contributed by atoms with Gasteiger partial charge in [-0.3, -0.25) is 4.79 Å². The zero-order valence-corrected chi connectivity index (χ0v) is 18.5. The highest BCUT2D eigenvalue weighted by molar-refractivity contribution is 6.11. The Kier molecular flexibility index (Phi) is 5.95. The fraction of sp³-hybridized carbons (Fsp3) is 0.167. The topological polar surface area (TPSA) is 125 Å². The number of nitrogens with two attached hydrogens (primary N) is 1. The van der Waals surface area contributed by atoms with Crippen molar-refractivity contribution in [2.45, 2.75) is 20.8 Å². The Hall–Kier alpha value is -4.40. The molecule has 0 bridgehead atoms. The molecule has 2 heterocycles. The summed E-state index contributed by atoms with van der Waals surface area (Å²) >= 11 is 0. The van der Waals surface area contributed by atoms with Gasteiger partial charge in [0.25, 0.3) is 5.91 Å². The van der Waals surface area contributed by atoms with Crippen LogP contribution in [0.15, 0.2) is 59.1 Å². The molecule has 0 spiro atoms. The Morgan fingerprint density at radius 1 is 1.12 bits per heavy atom. The number of anilines is 2. The van der Waals surface area contributed by atoms with E-state index < -0.39 is 11.9 Å². The van der Waals surface area contributed by atoms with E-state index in [9.17, 15) is 9.59 Å². The van der Waals surface area contributed by atoms with Gasteiger partial charge in [-0.05, 0) is 51.1 Å². The summed E-state index contributed by atoms with van der Waals surface area (Å²) in [4.78, 5) is 25.2. The molecule has 0 aliphatic rings. The van der Waals surface area contributed by atoms with Crippen LogP contribution in [-0.4, -0.2) is 33.4 Å². The first-order valence-electron chi connectivity index (χ1n) is 10.4. The Labute approximate surface area is 190 Å². The Bertz CT molecular complexity index is 1320. The van der Waals surface area contributed by atoms with Crippen molar-refractivity contribution in [3.63, 3.8) is 0 Å². The third kappa shape index (κ3) is 4.20. The number of benzene rings is 2. The van der Waals surface area contributed by atoms with Gasteiger partial charge in [0, 0.05) is 11.3 Å². The van der Waals surface area contributed by atoms with Gasteiger partial charge in [-0.2, -0.15) is 5.10 Å². The molecule has 4 rings (SSSR count). The molecule has 1 amide bonds. The van der Waals surface area contributed by atoms with E-state index in [0.717, 1.165) is 11.4 Å². The molecular formula is C24H23N5O4. The number of esters is 1. The van der Waals surface area contributed by atoms with Gasteiger partial charge in [-0.25, -0.2) is 9.48 Å². The molecule has 0 saturated carbocycles. The molecule has 0 saturated heterocycles. The van der Waals surface area contributed by atoms with Crippen LogP contribution >= 0.6 is 0 Å². The molecule has 4 aromatic rings. The van der Waals surface area contributed by atoms with Crippen molar-refractivity contribution in [2.24, 2.45) is 0 Å². The van der Waals surface area contributed by atoms with Crippen LogP contribution in [0.2, 0.25) is 0 Å². The highest BCUT2D eigenvalue weighted by Crippen LogP contribution is 2.33. The Morgan fingerprint density at radius 2 is 1.88 bits per heavy atom. The van der Waals surface area contributed by atoms with Crippen molar-refractivity contribution < 1.29 is 18.8 Å². The van der Waals surface area contributed by atoms with Gasteiger partial charge in [0.15, 0.2) is 0 Å². The van der Waals surface area contributed by atoms with E-state index in [2.05, 4.69) is 15.6 Å². The van der Waals surface area contributed by atoms with Gasteiger partial charge in [-0.1, -0.05) is 29.4 Å². The number of hydrogen-bond donors (Lipinski definition) is 2. The number of nitrogens with one attached hydrogen (secondary N) is 1. The molecule has 0 fully saturated rings. The first kappa shape index (κ1) is 21.8. The summed E-state index contributed by atoms with van der Waals surface area (Å²) in [5.41, 5.74) is 10.1. The number of carbonyl (C=O) groups excluding carboxylic acids is 2. The largest absolute Gasteiger partial charge is 0.462 e.